The third kappa shape index (κ3) is 4.53. The lowest BCUT2D eigenvalue weighted by Crippen LogP contribution is -2.32. The number of hydrogen-bond acceptors (Lipinski definition) is 5. The van der Waals surface area contributed by atoms with E-state index < -0.39 is 12.1 Å². The average Bonchev–Trinajstić information content (AvgIpc) is 3.01. The molecular formula is C13H11F3N4O3. The molecule has 7 nitrogen and oxygen atoms in total. The number of nitrogens with one attached hydrogen (secondary N) is 2. The highest BCUT2D eigenvalue weighted by Crippen LogP contribution is 2.29. The molecule has 0 spiro atoms. The molecule has 2 amide bonds. The van der Waals surface area contributed by atoms with Crippen molar-refractivity contribution < 1.29 is 27.3 Å². The van der Waals surface area contributed by atoms with Crippen LogP contribution in [0, 0.1) is 0 Å². The first kappa shape index (κ1) is 16.5. The van der Waals surface area contributed by atoms with Crippen LogP contribution >= 0.6 is 0 Å². The van der Waals surface area contributed by atoms with Gasteiger partial charge in [0, 0.05) is 12.1 Å². The molecule has 2 N–H and O–H groups in total. The van der Waals surface area contributed by atoms with Gasteiger partial charge < -0.3 is 15.2 Å². The molecule has 10 heteroatoms. The van der Waals surface area contributed by atoms with Crippen LogP contribution in [-0.4, -0.2) is 29.0 Å². The van der Waals surface area contributed by atoms with Crippen molar-refractivity contribution in [2.75, 3.05) is 6.54 Å². The molecule has 0 bridgehead atoms. The summed E-state index contributed by atoms with van der Waals surface area (Å²) in [5.74, 6) is -1.95. The molecule has 0 atom stereocenters. The molecule has 1 heterocycles. The van der Waals surface area contributed by atoms with Crippen molar-refractivity contribution in [2.45, 2.75) is 12.7 Å². The Labute approximate surface area is 127 Å². The van der Waals surface area contributed by atoms with E-state index in [1.807, 2.05) is 0 Å². The summed E-state index contributed by atoms with van der Waals surface area (Å²) in [5, 5.41) is 8.05. The number of benzene rings is 1. The summed E-state index contributed by atoms with van der Waals surface area (Å²) >= 11 is 0. The Morgan fingerprint density at radius 2 is 1.96 bits per heavy atom. The third-order valence-electron chi connectivity index (χ3n) is 2.72. The van der Waals surface area contributed by atoms with Crippen molar-refractivity contribution in [3.05, 3.63) is 35.7 Å². The molecule has 0 unspecified atom stereocenters. The Kier molecular flexibility index (Phi) is 4.94. The second-order valence-electron chi connectivity index (χ2n) is 4.39. The smallest absolute Gasteiger partial charge is 0.350 e. The van der Waals surface area contributed by atoms with Crippen LogP contribution in [-0.2, 0) is 22.3 Å². The van der Waals surface area contributed by atoms with Crippen LogP contribution in [0.25, 0.3) is 11.4 Å². The van der Waals surface area contributed by atoms with E-state index in [0.717, 1.165) is 0 Å². The lowest BCUT2D eigenvalue weighted by molar-refractivity contribution is -0.159. The van der Waals surface area contributed by atoms with Gasteiger partial charge in [-0.1, -0.05) is 29.4 Å². The van der Waals surface area contributed by atoms with Gasteiger partial charge in [-0.25, -0.2) is 0 Å². The maximum Gasteiger partial charge on any atom is 0.471 e. The number of halogens is 3. The lowest BCUT2D eigenvalue weighted by Gasteiger charge is -2.05. The van der Waals surface area contributed by atoms with Gasteiger partial charge in [-0.05, 0) is 5.56 Å². The number of hydrogen-bond donors (Lipinski definition) is 2. The molecule has 122 valence electrons. The van der Waals surface area contributed by atoms with E-state index in [9.17, 15) is 22.8 Å². The number of carbonyl (C=O) groups is 2. The largest absolute Gasteiger partial charge is 0.471 e. The Balaban J connectivity index is 1.98. The molecule has 0 aliphatic carbocycles. The van der Waals surface area contributed by atoms with E-state index in [4.69, 9.17) is 0 Å². The average molecular weight is 328 g/mol. The fourth-order valence-electron chi connectivity index (χ4n) is 1.63. The van der Waals surface area contributed by atoms with Gasteiger partial charge in [0.2, 0.25) is 18.1 Å². The minimum absolute atomic E-state index is 0.134. The van der Waals surface area contributed by atoms with Crippen LogP contribution in [0.15, 0.2) is 28.8 Å². The van der Waals surface area contributed by atoms with Crippen molar-refractivity contribution in [1.82, 2.24) is 20.8 Å². The zero-order valence-corrected chi connectivity index (χ0v) is 11.6. The predicted octanol–water partition coefficient (Wildman–Crippen LogP) is 1.12. The highest BCUT2D eigenvalue weighted by Gasteiger charge is 2.38. The fourth-order valence-corrected chi connectivity index (χ4v) is 1.63. The maximum atomic E-state index is 12.4. The van der Waals surface area contributed by atoms with E-state index in [-0.39, 0.29) is 24.8 Å². The van der Waals surface area contributed by atoms with Gasteiger partial charge in [0.25, 0.3) is 0 Å². The normalized spacial score (nSPS) is 11.1. The second-order valence-corrected chi connectivity index (χ2v) is 4.39. The third-order valence-corrected chi connectivity index (χ3v) is 2.72. The quantitative estimate of drug-likeness (QED) is 0.775. The SMILES string of the molecule is O=CNCC(=O)NCc1ccc(-c2noc(C(F)(F)F)n2)cc1. The van der Waals surface area contributed by atoms with E-state index >= 15 is 0 Å². The van der Waals surface area contributed by atoms with Gasteiger partial charge in [0.05, 0.1) is 6.54 Å². The molecule has 1 aromatic carbocycles. The van der Waals surface area contributed by atoms with Gasteiger partial charge >= 0.3 is 12.1 Å². The number of carbonyl (C=O) groups excluding carboxylic acids is 2. The van der Waals surface area contributed by atoms with Gasteiger partial charge in [-0.3, -0.25) is 9.59 Å². The highest BCUT2D eigenvalue weighted by atomic mass is 19.4. The Bertz CT molecular complexity index is 683. The van der Waals surface area contributed by atoms with Crippen LogP contribution in [0.2, 0.25) is 0 Å². The molecule has 1 aromatic heterocycles. The van der Waals surface area contributed by atoms with Crippen LogP contribution in [0.3, 0.4) is 0 Å². The molecule has 2 rings (SSSR count). The Morgan fingerprint density at radius 1 is 1.26 bits per heavy atom. The number of alkyl halides is 3. The van der Waals surface area contributed by atoms with Crippen LogP contribution in [0.1, 0.15) is 11.5 Å². The minimum atomic E-state index is -4.69. The molecule has 0 aliphatic rings. The zero-order chi connectivity index (χ0) is 16.9. The second kappa shape index (κ2) is 6.90. The van der Waals surface area contributed by atoms with E-state index in [1.54, 1.807) is 12.1 Å². The first-order chi connectivity index (χ1) is 10.9. The summed E-state index contributed by atoms with van der Waals surface area (Å²) in [6.07, 6.45) is -4.28. The Hall–Kier alpha value is -2.91. The number of amides is 2. The van der Waals surface area contributed by atoms with Gasteiger partial charge in [-0.2, -0.15) is 18.2 Å². The summed E-state index contributed by atoms with van der Waals surface area (Å²) in [5.41, 5.74) is 1.06. The summed E-state index contributed by atoms with van der Waals surface area (Å²) in [7, 11) is 0. The molecule has 0 saturated carbocycles. The van der Waals surface area contributed by atoms with Crippen molar-refractivity contribution in [3.63, 3.8) is 0 Å². The van der Waals surface area contributed by atoms with Crippen LogP contribution in [0.4, 0.5) is 13.2 Å². The molecule has 0 radical (unpaired) electrons. The number of nitrogens with zero attached hydrogens (tertiary/aromatic N) is 2. The minimum Gasteiger partial charge on any atom is -0.350 e. The molecular weight excluding hydrogens is 317 g/mol. The van der Waals surface area contributed by atoms with E-state index in [0.29, 0.717) is 17.5 Å². The van der Waals surface area contributed by atoms with Gasteiger partial charge in [0.1, 0.15) is 0 Å². The van der Waals surface area contributed by atoms with Crippen molar-refractivity contribution in [2.24, 2.45) is 0 Å². The molecule has 0 saturated heterocycles. The predicted molar refractivity (Wildman–Crippen MR) is 70.6 cm³/mol. The molecule has 23 heavy (non-hydrogen) atoms. The van der Waals surface area contributed by atoms with Crippen molar-refractivity contribution in [1.29, 1.82) is 0 Å². The summed E-state index contributed by atoms with van der Waals surface area (Å²) in [4.78, 5) is 24.6. The standard InChI is InChI=1S/C13H11F3N4O3/c14-13(15,16)12-19-11(20-23-12)9-3-1-8(2-4-9)5-18-10(22)6-17-7-21/h1-4,7H,5-6H2,(H,17,21)(H,18,22). The number of rotatable bonds is 6. The first-order valence-corrected chi connectivity index (χ1v) is 6.34. The number of aromatic nitrogens is 2. The van der Waals surface area contributed by atoms with Gasteiger partial charge in [-0.15, -0.1) is 0 Å². The first-order valence-electron chi connectivity index (χ1n) is 6.34. The lowest BCUT2D eigenvalue weighted by atomic mass is 10.1. The monoisotopic (exact) mass is 328 g/mol. The summed E-state index contributed by atoms with van der Waals surface area (Å²) < 4.78 is 41.3. The topological polar surface area (TPSA) is 97.1 Å². The maximum absolute atomic E-state index is 12.4. The Morgan fingerprint density at radius 3 is 2.52 bits per heavy atom. The van der Waals surface area contributed by atoms with Crippen LogP contribution < -0.4 is 10.6 Å². The fraction of sp³-hybridized carbons (Fsp3) is 0.231. The summed E-state index contributed by atoms with van der Waals surface area (Å²) in [6.45, 7) is 0.0738. The summed E-state index contributed by atoms with van der Waals surface area (Å²) in [6, 6.07) is 6.23. The molecule has 0 fully saturated rings. The molecule has 2 aromatic rings. The molecule has 0 aliphatic heterocycles. The van der Waals surface area contributed by atoms with Crippen molar-refractivity contribution in [3.8, 4) is 11.4 Å². The van der Waals surface area contributed by atoms with Crippen molar-refractivity contribution >= 4 is 12.3 Å². The van der Waals surface area contributed by atoms with E-state index in [2.05, 4.69) is 25.3 Å². The van der Waals surface area contributed by atoms with E-state index in [1.165, 1.54) is 12.1 Å². The van der Waals surface area contributed by atoms with Crippen LogP contribution in [0.5, 0.6) is 0 Å². The zero-order valence-electron chi connectivity index (χ0n) is 11.6. The highest BCUT2D eigenvalue weighted by molar-refractivity contribution is 5.79. The van der Waals surface area contributed by atoms with Gasteiger partial charge in [0.15, 0.2) is 0 Å².